The molecule has 0 N–H and O–H groups in total. The molecule has 0 atom stereocenters. The summed E-state index contributed by atoms with van der Waals surface area (Å²) in [7, 11) is 5.99. The first-order chi connectivity index (χ1) is 10.1. The summed E-state index contributed by atoms with van der Waals surface area (Å²) >= 11 is 1.22. The molecule has 6 nitrogen and oxygen atoms in total. The molecule has 2 aromatic rings. The van der Waals surface area contributed by atoms with Crippen molar-refractivity contribution in [2.24, 2.45) is 0 Å². The summed E-state index contributed by atoms with van der Waals surface area (Å²) in [5, 5.41) is 0.633. The lowest BCUT2D eigenvalue weighted by atomic mass is 10.2. The third kappa shape index (κ3) is 2.92. The number of carbonyl (C=O) groups is 1. The number of esters is 1. The maximum Gasteiger partial charge on any atom is 0.349 e. The van der Waals surface area contributed by atoms with E-state index in [1.54, 1.807) is 33.5 Å². The van der Waals surface area contributed by atoms with Gasteiger partial charge < -0.3 is 18.9 Å². The topological polar surface area (TPSA) is 66.9 Å². The van der Waals surface area contributed by atoms with Crippen LogP contribution >= 0.6 is 11.3 Å². The highest BCUT2D eigenvalue weighted by Crippen LogP contribution is 2.41. The number of thiazole rings is 1. The Hall–Kier alpha value is -2.28. The molecule has 2 rings (SSSR count). The van der Waals surface area contributed by atoms with Crippen LogP contribution in [0.25, 0.3) is 10.6 Å². The smallest absolute Gasteiger partial charge is 0.349 e. The van der Waals surface area contributed by atoms with E-state index < -0.39 is 5.97 Å². The van der Waals surface area contributed by atoms with E-state index in [1.807, 2.05) is 0 Å². The second kappa shape index (κ2) is 6.45. The molecule has 0 bridgehead atoms. The van der Waals surface area contributed by atoms with Gasteiger partial charge in [-0.2, -0.15) is 0 Å². The molecule has 0 saturated carbocycles. The second-order valence-corrected chi connectivity index (χ2v) is 4.96. The number of carbonyl (C=O) groups excluding carboxylic acids is 1. The zero-order valence-corrected chi connectivity index (χ0v) is 12.9. The first-order valence-electron chi connectivity index (χ1n) is 5.99. The van der Waals surface area contributed by atoms with Crippen LogP contribution in [0.15, 0.2) is 18.3 Å². The summed E-state index contributed by atoms with van der Waals surface area (Å²) < 4.78 is 20.5. The van der Waals surface area contributed by atoms with Crippen LogP contribution in [-0.4, -0.2) is 39.4 Å². The van der Waals surface area contributed by atoms with Crippen molar-refractivity contribution in [3.63, 3.8) is 0 Å². The lowest BCUT2D eigenvalue weighted by molar-refractivity contribution is 0.0606. The maximum atomic E-state index is 11.5. The first kappa shape index (κ1) is 15.1. The van der Waals surface area contributed by atoms with Gasteiger partial charge in [0.2, 0.25) is 0 Å². The van der Waals surface area contributed by atoms with Crippen molar-refractivity contribution in [2.45, 2.75) is 0 Å². The predicted octanol–water partition coefficient (Wildman–Crippen LogP) is 2.62. The summed E-state index contributed by atoms with van der Waals surface area (Å²) in [5.41, 5.74) is 0.718. The van der Waals surface area contributed by atoms with Crippen molar-refractivity contribution in [2.75, 3.05) is 28.4 Å². The molecule has 0 saturated heterocycles. The highest BCUT2D eigenvalue weighted by atomic mass is 32.1. The Morgan fingerprint density at radius 2 is 1.62 bits per heavy atom. The van der Waals surface area contributed by atoms with Crippen molar-refractivity contribution in [1.82, 2.24) is 4.98 Å². The first-order valence-corrected chi connectivity index (χ1v) is 6.80. The highest BCUT2D eigenvalue weighted by Gasteiger charge is 2.18. The number of ether oxygens (including phenoxy) is 4. The van der Waals surface area contributed by atoms with Gasteiger partial charge in [-0.15, -0.1) is 11.3 Å². The Kier molecular flexibility index (Phi) is 4.64. The maximum absolute atomic E-state index is 11.5. The van der Waals surface area contributed by atoms with Gasteiger partial charge in [-0.25, -0.2) is 9.78 Å². The van der Waals surface area contributed by atoms with Gasteiger partial charge in [-0.3, -0.25) is 0 Å². The Morgan fingerprint density at radius 1 is 1.00 bits per heavy atom. The van der Waals surface area contributed by atoms with E-state index in [0.29, 0.717) is 27.1 Å². The molecule has 0 amide bonds. The molecule has 0 radical (unpaired) electrons. The third-order valence-electron chi connectivity index (χ3n) is 2.83. The van der Waals surface area contributed by atoms with E-state index >= 15 is 0 Å². The Labute approximate surface area is 126 Å². The number of methoxy groups -OCH3 is 4. The lowest BCUT2D eigenvalue weighted by Gasteiger charge is -2.12. The molecule has 7 heteroatoms. The van der Waals surface area contributed by atoms with Crippen molar-refractivity contribution >= 4 is 17.3 Å². The number of hydrogen-bond donors (Lipinski definition) is 0. The monoisotopic (exact) mass is 309 g/mol. The molecule has 0 fully saturated rings. The minimum atomic E-state index is -0.418. The normalized spacial score (nSPS) is 10.1. The van der Waals surface area contributed by atoms with Crippen molar-refractivity contribution in [3.05, 3.63) is 23.2 Å². The predicted molar refractivity (Wildman–Crippen MR) is 78.5 cm³/mol. The fraction of sp³-hybridized carbons (Fsp3) is 0.286. The molecule has 0 unspecified atom stereocenters. The molecule has 112 valence electrons. The standard InChI is InChI=1S/C14H15NO5S/c1-17-9-6-11(19-3)10(18-2)5-8(9)13-15-7-12(21-13)14(16)20-4/h5-7H,1-4H3. The van der Waals surface area contributed by atoms with E-state index in [-0.39, 0.29) is 0 Å². The molecule has 0 aliphatic rings. The van der Waals surface area contributed by atoms with Crippen LogP contribution in [0.1, 0.15) is 9.67 Å². The van der Waals surface area contributed by atoms with E-state index in [1.165, 1.54) is 24.6 Å². The quantitative estimate of drug-likeness (QED) is 0.791. The van der Waals surface area contributed by atoms with Gasteiger partial charge in [0.1, 0.15) is 15.6 Å². The van der Waals surface area contributed by atoms with Crippen molar-refractivity contribution in [1.29, 1.82) is 0 Å². The molecule has 1 aromatic carbocycles. The van der Waals surface area contributed by atoms with Gasteiger partial charge in [0.15, 0.2) is 11.5 Å². The average molecular weight is 309 g/mol. The van der Waals surface area contributed by atoms with Gasteiger partial charge in [-0.05, 0) is 6.07 Å². The van der Waals surface area contributed by atoms with Crippen LogP contribution < -0.4 is 14.2 Å². The molecule has 0 spiro atoms. The molecular weight excluding hydrogens is 294 g/mol. The molecule has 1 heterocycles. The number of benzene rings is 1. The van der Waals surface area contributed by atoms with Gasteiger partial charge in [0, 0.05) is 6.07 Å². The fourth-order valence-electron chi connectivity index (χ4n) is 1.79. The Morgan fingerprint density at radius 3 is 2.19 bits per heavy atom. The van der Waals surface area contributed by atoms with E-state index in [2.05, 4.69) is 9.72 Å². The SMILES string of the molecule is COC(=O)c1cnc(-c2cc(OC)c(OC)cc2OC)s1. The minimum Gasteiger partial charge on any atom is -0.496 e. The number of rotatable bonds is 5. The van der Waals surface area contributed by atoms with E-state index in [0.717, 1.165) is 5.56 Å². The summed E-state index contributed by atoms with van der Waals surface area (Å²) in [6.45, 7) is 0. The van der Waals surface area contributed by atoms with Crippen LogP contribution in [0.5, 0.6) is 17.2 Å². The van der Waals surface area contributed by atoms with Crippen LogP contribution in [-0.2, 0) is 4.74 Å². The van der Waals surface area contributed by atoms with Crippen LogP contribution in [0, 0.1) is 0 Å². The number of nitrogens with zero attached hydrogens (tertiary/aromatic N) is 1. The van der Waals surface area contributed by atoms with Crippen LogP contribution in [0.3, 0.4) is 0 Å². The summed E-state index contributed by atoms with van der Waals surface area (Å²) in [6, 6.07) is 3.48. The zero-order chi connectivity index (χ0) is 15.4. The van der Waals surface area contributed by atoms with Crippen molar-refractivity contribution in [3.8, 4) is 27.8 Å². The third-order valence-corrected chi connectivity index (χ3v) is 3.84. The van der Waals surface area contributed by atoms with Gasteiger partial charge >= 0.3 is 5.97 Å². The van der Waals surface area contributed by atoms with Crippen LogP contribution in [0.4, 0.5) is 0 Å². The molecule has 1 aromatic heterocycles. The van der Waals surface area contributed by atoms with Gasteiger partial charge in [0.25, 0.3) is 0 Å². The Bertz CT molecular complexity index is 653. The van der Waals surface area contributed by atoms with E-state index in [9.17, 15) is 4.79 Å². The summed E-state index contributed by atoms with van der Waals surface area (Å²) in [6.07, 6.45) is 1.47. The van der Waals surface area contributed by atoms with Crippen LogP contribution in [0.2, 0.25) is 0 Å². The molecule has 0 aliphatic heterocycles. The fourth-order valence-corrected chi connectivity index (χ4v) is 2.65. The summed E-state index contributed by atoms with van der Waals surface area (Å²) in [4.78, 5) is 16.2. The van der Waals surface area contributed by atoms with Gasteiger partial charge in [0.05, 0.1) is 40.2 Å². The largest absolute Gasteiger partial charge is 0.496 e. The number of aromatic nitrogens is 1. The zero-order valence-electron chi connectivity index (χ0n) is 12.1. The highest BCUT2D eigenvalue weighted by molar-refractivity contribution is 7.16. The van der Waals surface area contributed by atoms with Crippen molar-refractivity contribution < 1.29 is 23.7 Å². The van der Waals surface area contributed by atoms with E-state index in [4.69, 9.17) is 14.2 Å². The molecular formula is C14H15NO5S. The second-order valence-electron chi connectivity index (χ2n) is 3.93. The lowest BCUT2D eigenvalue weighted by Crippen LogP contribution is -1.96. The average Bonchev–Trinajstić information content (AvgIpc) is 3.02. The number of hydrogen-bond acceptors (Lipinski definition) is 7. The van der Waals surface area contributed by atoms with Gasteiger partial charge in [-0.1, -0.05) is 0 Å². The summed E-state index contributed by atoms with van der Waals surface area (Å²) in [5.74, 6) is 1.28. The Balaban J connectivity index is 2.51. The molecule has 21 heavy (non-hydrogen) atoms. The minimum absolute atomic E-state index is 0.418. The molecule has 0 aliphatic carbocycles.